The van der Waals surface area contributed by atoms with Crippen molar-refractivity contribution in [1.82, 2.24) is 0 Å². The zero-order chi connectivity index (χ0) is 12.8. The molecule has 1 aromatic carbocycles. The highest BCUT2D eigenvalue weighted by atomic mass is 35.5. The van der Waals surface area contributed by atoms with Gasteiger partial charge in [0.1, 0.15) is 4.33 Å². The lowest BCUT2D eigenvalue weighted by Gasteiger charge is -2.13. The number of amides is 1. The predicted octanol–water partition coefficient (Wildman–Crippen LogP) is 4.17. The van der Waals surface area contributed by atoms with Crippen molar-refractivity contribution in [2.45, 2.75) is 24.6 Å². The Morgan fingerprint density at radius 1 is 1.41 bits per heavy atom. The zero-order valence-corrected chi connectivity index (χ0v) is 11.7. The van der Waals surface area contributed by atoms with Crippen LogP contribution in [0.5, 0.6) is 0 Å². The zero-order valence-electron chi connectivity index (χ0n) is 9.48. The van der Waals surface area contributed by atoms with Crippen molar-refractivity contribution in [3.8, 4) is 0 Å². The van der Waals surface area contributed by atoms with Gasteiger partial charge in [0.15, 0.2) is 0 Å². The highest BCUT2D eigenvalue weighted by molar-refractivity contribution is 6.53. The first-order valence-corrected chi connectivity index (χ1v) is 6.35. The van der Waals surface area contributed by atoms with Gasteiger partial charge < -0.3 is 5.32 Å². The number of anilines is 1. The minimum Gasteiger partial charge on any atom is -0.324 e. The van der Waals surface area contributed by atoms with Crippen LogP contribution in [0.4, 0.5) is 5.69 Å². The molecule has 0 aromatic heterocycles. The van der Waals surface area contributed by atoms with Crippen molar-refractivity contribution < 1.29 is 4.79 Å². The van der Waals surface area contributed by atoms with Crippen LogP contribution in [0.1, 0.15) is 18.9 Å². The molecule has 5 heteroatoms. The van der Waals surface area contributed by atoms with Gasteiger partial charge in [-0.2, -0.15) is 0 Å². The van der Waals surface area contributed by atoms with E-state index in [9.17, 15) is 4.79 Å². The Morgan fingerprint density at radius 3 is 2.47 bits per heavy atom. The molecular formula is C12H12Cl3NO. The van der Waals surface area contributed by atoms with Crippen LogP contribution >= 0.6 is 34.8 Å². The normalized spacial score (nSPS) is 25.5. The summed E-state index contributed by atoms with van der Waals surface area (Å²) in [5, 5.41) is 3.27. The number of rotatable bonds is 2. The monoisotopic (exact) mass is 291 g/mol. The van der Waals surface area contributed by atoms with Crippen molar-refractivity contribution in [3.05, 3.63) is 28.8 Å². The molecule has 1 aliphatic carbocycles. The number of benzene rings is 1. The van der Waals surface area contributed by atoms with Crippen molar-refractivity contribution >= 4 is 46.4 Å². The standard InChI is InChI=1S/C12H12Cl3NO/c1-7-3-4-9(8(13)5-7)16-10(17)11(2)6-12(11,14)15/h3-5H,6H2,1-2H3,(H,16,17). The van der Waals surface area contributed by atoms with E-state index < -0.39 is 9.75 Å². The minimum atomic E-state index is -0.964. The summed E-state index contributed by atoms with van der Waals surface area (Å²) < 4.78 is -0.964. The molecule has 0 aliphatic heterocycles. The summed E-state index contributed by atoms with van der Waals surface area (Å²) in [6, 6.07) is 5.44. The van der Waals surface area contributed by atoms with Crippen LogP contribution in [0.25, 0.3) is 0 Å². The molecule has 92 valence electrons. The average molecular weight is 293 g/mol. The van der Waals surface area contributed by atoms with Gasteiger partial charge in [-0.3, -0.25) is 4.79 Å². The SMILES string of the molecule is Cc1ccc(NC(=O)C2(C)CC2(Cl)Cl)c(Cl)c1. The second-order valence-electron chi connectivity index (χ2n) is 4.65. The summed E-state index contributed by atoms with van der Waals surface area (Å²) in [5.74, 6) is -0.201. The maximum atomic E-state index is 12.0. The fourth-order valence-corrected chi connectivity index (χ4v) is 2.62. The summed E-state index contributed by atoms with van der Waals surface area (Å²) in [4.78, 5) is 12.0. The molecule has 2 nitrogen and oxygen atoms in total. The van der Waals surface area contributed by atoms with Gasteiger partial charge in [-0.15, -0.1) is 23.2 Å². The molecule has 17 heavy (non-hydrogen) atoms. The highest BCUT2D eigenvalue weighted by Gasteiger charge is 2.67. The van der Waals surface area contributed by atoms with Crippen LogP contribution in [0.2, 0.25) is 5.02 Å². The predicted molar refractivity (Wildman–Crippen MR) is 72.0 cm³/mol. The van der Waals surface area contributed by atoms with E-state index >= 15 is 0 Å². The van der Waals surface area contributed by atoms with Crippen molar-refractivity contribution in [2.75, 3.05) is 5.32 Å². The second-order valence-corrected chi connectivity index (χ2v) is 6.54. The number of aryl methyl sites for hydroxylation is 1. The Morgan fingerprint density at radius 2 is 2.00 bits per heavy atom. The van der Waals surface area contributed by atoms with Crippen LogP contribution in [0.15, 0.2) is 18.2 Å². The highest BCUT2D eigenvalue weighted by Crippen LogP contribution is 2.64. The molecule has 0 saturated heterocycles. The molecule has 1 aromatic rings. The number of nitrogens with one attached hydrogen (secondary N) is 1. The second kappa shape index (κ2) is 4.04. The smallest absolute Gasteiger partial charge is 0.233 e. The van der Waals surface area contributed by atoms with Crippen molar-refractivity contribution in [2.24, 2.45) is 5.41 Å². The number of carbonyl (C=O) groups is 1. The van der Waals surface area contributed by atoms with E-state index in [2.05, 4.69) is 5.32 Å². The van der Waals surface area contributed by atoms with E-state index in [1.54, 1.807) is 19.1 Å². The maximum absolute atomic E-state index is 12.0. The van der Waals surface area contributed by atoms with Gasteiger partial charge >= 0.3 is 0 Å². The first-order chi connectivity index (χ1) is 7.76. The number of carbonyl (C=O) groups excluding carboxylic acids is 1. The van der Waals surface area contributed by atoms with Gasteiger partial charge in [-0.05, 0) is 38.0 Å². The Hall–Kier alpha value is -0.440. The van der Waals surface area contributed by atoms with Gasteiger partial charge in [0.05, 0.1) is 16.1 Å². The topological polar surface area (TPSA) is 29.1 Å². The average Bonchev–Trinajstić information content (AvgIpc) is 2.72. The number of hydrogen-bond donors (Lipinski definition) is 1. The summed E-state index contributed by atoms with van der Waals surface area (Å²) >= 11 is 17.9. The minimum absolute atomic E-state index is 0.201. The molecule has 0 heterocycles. The Balaban J connectivity index is 2.15. The van der Waals surface area contributed by atoms with Crippen LogP contribution < -0.4 is 5.32 Å². The Bertz CT molecular complexity index is 487. The largest absolute Gasteiger partial charge is 0.324 e. The van der Waals surface area contributed by atoms with Gasteiger partial charge in [0, 0.05) is 0 Å². The molecule has 1 saturated carbocycles. The first kappa shape index (κ1) is 13.0. The summed E-state index contributed by atoms with van der Waals surface area (Å²) in [7, 11) is 0. The van der Waals surface area contributed by atoms with Gasteiger partial charge in [0.25, 0.3) is 0 Å². The number of hydrogen-bond acceptors (Lipinski definition) is 1. The van der Waals surface area contributed by atoms with E-state index in [0.717, 1.165) is 5.56 Å². The van der Waals surface area contributed by atoms with Crippen LogP contribution in [-0.2, 0) is 4.79 Å². The van der Waals surface area contributed by atoms with Crippen molar-refractivity contribution in [1.29, 1.82) is 0 Å². The van der Waals surface area contributed by atoms with Crippen LogP contribution in [-0.4, -0.2) is 10.2 Å². The van der Waals surface area contributed by atoms with Crippen molar-refractivity contribution in [3.63, 3.8) is 0 Å². The molecule has 0 spiro atoms. The third-order valence-corrected chi connectivity index (χ3v) is 4.55. The van der Waals surface area contributed by atoms with E-state index in [4.69, 9.17) is 34.8 Å². The van der Waals surface area contributed by atoms with E-state index in [1.807, 2.05) is 13.0 Å². The third kappa shape index (κ3) is 2.26. The van der Waals surface area contributed by atoms with E-state index in [-0.39, 0.29) is 5.91 Å². The Labute approximate surface area is 115 Å². The lowest BCUT2D eigenvalue weighted by atomic mass is 10.1. The van der Waals surface area contributed by atoms with Crippen LogP contribution in [0.3, 0.4) is 0 Å². The van der Waals surface area contributed by atoms with Gasteiger partial charge in [0.2, 0.25) is 5.91 Å². The summed E-state index contributed by atoms with van der Waals surface area (Å²) in [6.07, 6.45) is 0.457. The van der Waals surface area contributed by atoms with E-state index in [1.165, 1.54) is 0 Å². The molecule has 1 amide bonds. The molecule has 1 aliphatic rings. The molecule has 1 N–H and O–H groups in total. The van der Waals surface area contributed by atoms with E-state index in [0.29, 0.717) is 17.1 Å². The van der Waals surface area contributed by atoms with Crippen LogP contribution in [0, 0.1) is 12.3 Å². The van der Waals surface area contributed by atoms with Gasteiger partial charge in [-0.1, -0.05) is 17.7 Å². The number of halogens is 3. The first-order valence-electron chi connectivity index (χ1n) is 5.22. The Kier molecular flexibility index (Phi) is 3.09. The fraction of sp³-hybridized carbons (Fsp3) is 0.417. The molecule has 1 fully saturated rings. The molecule has 1 atom stereocenters. The fourth-order valence-electron chi connectivity index (χ4n) is 1.63. The lowest BCUT2D eigenvalue weighted by Crippen LogP contribution is -2.26. The lowest BCUT2D eigenvalue weighted by molar-refractivity contribution is -0.120. The molecule has 0 bridgehead atoms. The molecule has 1 unspecified atom stereocenters. The summed E-state index contributed by atoms with van der Waals surface area (Å²) in [6.45, 7) is 3.67. The molecule has 0 radical (unpaired) electrons. The quantitative estimate of drug-likeness (QED) is 0.814. The number of alkyl halides is 2. The van der Waals surface area contributed by atoms with Gasteiger partial charge in [-0.25, -0.2) is 0 Å². The maximum Gasteiger partial charge on any atom is 0.233 e. The summed E-state index contributed by atoms with van der Waals surface area (Å²) in [5.41, 5.74) is 0.888. The molecule has 2 rings (SSSR count). The molecular weight excluding hydrogens is 280 g/mol. The third-order valence-electron chi connectivity index (χ3n) is 3.13.